The summed E-state index contributed by atoms with van der Waals surface area (Å²) in [5, 5.41) is 13.0. The van der Waals surface area contributed by atoms with E-state index in [1.54, 1.807) is 12.1 Å². The maximum absolute atomic E-state index is 13.4. The number of hydrogen-bond donors (Lipinski definition) is 4. The Kier molecular flexibility index (Phi) is 11.1. The smallest absolute Gasteiger partial charge is 0.243 e. The maximum Gasteiger partial charge on any atom is 0.243 e. The molecule has 3 aromatic carbocycles. The minimum Gasteiger partial charge on any atom is -0.399 e. The molecular formula is C30H40N4O4S. The number of amides is 1. The summed E-state index contributed by atoms with van der Waals surface area (Å²) in [6.07, 6.45) is 1.25. The third kappa shape index (κ3) is 8.37. The van der Waals surface area contributed by atoms with Gasteiger partial charge in [-0.3, -0.25) is 4.79 Å². The topological polar surface area (TPSA) is 139 Å². The van der Waals surface area contributed by atoms with Crippen molar-refractivity contribution in [2.24, 2.45) is 11.7 Å². The van der Waals surface area contributed by atoms with Gasteiger partial charge in [-0.15, -0.1) is 0 Å². The van der Waals surface area contributed by atoms with Crippen molar-refractivity contribution in [2.75, 3.05) is 25.4 Å². The first kappa shape index (κ1) is 30.3. The molecule has 39 heavy (non-hydrogen) atoms. The molecule has 210 valence electrons. The average Bonchev–Trinajstić information content (AvgIpc) is 2.93. The minimum atomic E-state index is -3.84. The number of anilines is 1. The van der Waals surface area contributed by atoms with Gasteiger partial charge in [0.05, 0.1) is 17.5 Å². The van der Waals surface area contributed by atoms with Crippen LogP contribution in [0.1, 0.15) is 32.3 Å². The van der Waals surface area contributed by atoms with Crippen molar-refractivity contribution >= 4 is 21.6 Å². The van der Waals surface area contributed by atoms with Crippen molar-refractivity contribution in [1.29, 1.82) is 0 Å². The van der Waals surface area contributed by atoms with Crippen molar-refractivity contribution in [3.8, 4) is 11.1 Å². The first-order valence-electron chi connectivity index (χ1n) is 13.3. The second kappa shape index (κ2) is 14.2. The average molecular weight is 553 g/mol. The van der Waals surface area contributed by atoms with E-state index in [0.29, 0.717) is 31.5 Å². The Bertz CT molecular complexity index is 1300. The maximum atomic E-state index is 13.4. The largest absolute Gasteiger partial charge is 0.399 e. The molecule has 1 amide bonds. The second-order valence-corrected chi connectivity index (χ2v) is 12.0. The molecule has 0 saturated heterocycles. The van der Waals surface area contributed by atoms with Crippen molar-refractivity contribution in [1.82, 2.24) is 9.62 Å². The van der Waals surface area contributed by atoms with E-state index >= 15 is 0 Å². The quantitative estimate of drug-likeness (QED) is 0.179. The fraction of sp³-hybridized carbons (Fsp3) is 0.367. The Morgan fingerprint density at radius 1 is 0.974 bits per heavy atom. The normalized spacial score (nSPS) is 13.4. The molecule has 9 heteroatoms. The highest BCUT2D eigenvalue weighted by Crippen LogP contribution is 2.25. The molecule has 0 bridgehead atoms. The summed E-state index contributed by atoms with van der Waals surface area (Å²) in [6.45, 7) is 4.11. The molecule has 0 aromatic heterocycles. The summed E-state index contributed by atoms with van der Waals surface area (Å²) in [5.41, 5.74) is 15.5. The highest BCUT2D eigenvalue weighted by molar-refractivity contribution is 7.89. The Morgan fingerprint density at radius 3 is 2.26 bits per heavy atom. The number of carbonyl (C=O) groups excluding carboxylic acids is 1. The van der Waals surface area contributed by atoms with E-state index in [4.69, 9.17) is 11.5 Å². The van der Waals surface area contributed by atoms with E-state index in [2.05, 4.69) is 5.32 Å². The van der Waals surface area contributed by atoms with Crippen LogP contribution < -0.4 is 16.8 Å². The number of nitrogens with zero attached hydrogens (tertiary/aromatic N) is 1. The summed E-state index contributed by atoms with van der Waals surface area (Å²) in [6, 6.07) is 22.5. The van der Waals surface area contributed by atoms with Crippen LogP contribution in [0.5, 0.6) is 0 Å². The highest BCUT2D eigenvalue weighted by atomic mass is 32.2. The summed E-state index contributed by atoms with van der Waals surface area (Å²) in [5.74, 6) is -0.217. The van der Waals surface area contributed by atoms with Crippen LogP contribution in [0.25, 0.3) is 11.1 Å². The summed E-state index contributed by atoms with van der Waals surface area (Å²) in [4.78, 5) is 12.9. The van der Waals surface area contributed by atoms with Gasteiger partial charge in [0.2, 0.25) is 15.9 Å². The number of carbonyl (C=O) groups is 1. The van der Waals surface area contributed by atoms with Gasteiger partial charge in [-0.1, -0.05) is 68.4 Å². The fourth-order valence-corrected chi connectivity index (χ4v) is 6.32. The van der Waals surface area contributed by atoms with E-state index in [0.717, 1.165) is 16.7 Å². The number of nitrogens with two attached hydrogens (primary N) is 2. The first-order chi connectivity index (χ1) is 18.6. The zero-order valence-corrected chi connectivity index (χ0v) is 23.5. The molecule has 0 aliphatic heterocycles. The van der Waals surface area contributed by atoms with Gasteiger partial charge >= 0.3 is 0 Å². The first-order valence-corrected chi connectivity index (χ1v) is 14.7. The van der Waals surface area contributed by atoms with E-state index in [9.17, 15) is 18.3 Å². The van der Waals surface area contributed by atoms with Crippen LogP contribution in [0.2, 0.25) is 0 Å². The van der Waals surface area contributed by atoms with Crippen LogP contribution in [-0.4, -0.2) is 55.5 Å². The summed E-state index contributed by atoms with van der Waals surface area (Å²) >= 11 is 0. The standard InChI is InChI=1S/C30H40N4O4S/c1-22(2)20-34(39(37,38)27-16-14-25(31)15-17-27)26(21-35)12-8-18-33-30(36)29(32)19-24-11-6-7-13-28(24)23-9-4-3-5-10-23/h3-7,9-11,13-17,22,26,29,35H,8,12,18-21,31-32H2,1-2H3,(H,33,36)/t26?,29-/m0/s1. The Morgan fingerprint density at radius 2 is 1.62 bits per heavy atom. The monoisotopic (exact) mass is 552 g/mol. The number of aliphatic hydroxyl groups is 1. The predicted molar refractivity (Wildman–Crippen MR) is 156 cm³/mol. The van der Waals surface area contributed by atoms with Gasteiger partial charge in [-0.25, -0.2) is 8.42 Å². The van der Waals surface area contributed by atoms with Crippen LogP contribution in [0, 0.1) is 5.92 Å². The Balaban J connectivity index is 1.59. The van der Waals surface area contributed by atoms with Gasteiger partial charge in [0.1, 0.15) is 0 Å². The third-order valence-electron chi connectivity index (χ3n) is 6.54. The third-order valence-corrected chi connectivity index (χ3v) is 8.47. The molecule has 0 saturated carbocycles. The van der Waals surface area contributed by atoms with Gasteiger partial charge in [-0.05, 0) is 66.1 Å². The number of nitrogens with one attached hydrogen (secondary N) is 1. The minimum absolute atomic E-state index is 0.0547. The van der Waals surface area contributed by atoms with Crippen LogP contribution in [-0.2, 0) is 21.2 Å². The van der Waals surface area contributed by atoms with Crippen molar-refractivity contribution in [2.45, 2.75) is 50.1 Å². The lowest BCUT2D eigenvalue weighted by molar-refractivity contribution is -0.122. The SMILES string of the molecule is CC(C)CN(C(CO)CCCNC(=O)[C@@H](N)Cc1ccccc1-c1ccccc1)S(=O)(=O)c1ccc(N)cc1. The number of nitrogen functional groups attached to an aromatic ring is 1. The van der Waals surface area contributed by atoms with E-state index in [-0.39, 0.29) is 29.9 Å². The molecule has 6 N–H and O–H groups in total. The molecule has 8 nitrogen and oxygen atoms in total. The molecule has 0 spiro atoms. The molecular weight excluding hydrogens is 512 g/mol. The molecule has 0 aliphatic carbocycles. The zero-order chi connectivity index (χ0) is 28.4. The number of aliphatic hydroxyl groups excluding tert-OH is 1. The molecule has 3 rings (SSSR count). The number of benzene rings is 3. The molecule has 0 radical (unpaired) electrons. The van der Waals surface area contributed by atoms with E-state index < -0.39 is 22.1 Å². The van der Waals surface area contributed by atoms with Crippen molar-refractivity contribution in [3.05, 3.63) is 84.4 Å². The van der Waals surface area contributed by atoms with Gasteiger partial charge in [0.15, 0.2) is 0 Å². The predicted octanol–water partition coefficient (Wildman–Crippen LogP) is 3.41. The molecule has 0 aliphatic rings. The lowest BCUT2D eigenvalue weighted by Gasteiger charge is -2.31. The summed E-state index contributed by atoms with van der Waals surface area (Å²) < 4.78 is 28.2. The van der Waals surface area contributed by atoms with Gasteiger partial charge in [0.25, 0.3) is 0 Å². The van der Waals surface area contributed by atoms with Crippen molar-refractivity contribution < 1.29 is 18.3 Å². The van der Waals surface area contributed by atoms with Gasteiger partial charge in [0, 0.05) is 24.8 Å². The highest BCUT2D eigenvalue weighted by Gasteiger charge is 2.31. The van der Waals surface area contributed by atoms with Gasteiger partial charge in [-0.2, -0.15) is 4.31 Å². The molecule has 0 fully saturated rings. The number of rotatable bonds is 14. The number of sulfonamides is 1. The molecule has 3 aromatic rings. The second-order valence-electron chi connectivity index (χ2n) is 10.1. The lowest BCUT2D eigenvalue weighted by Crippen LogP contribution is -2.45. The van der Waals surface area contributed by atoms with E-state index in [1.807, 2.05) is 68.4 Å². The van der Waals surface area contributed by atoms with Gasteiger partial charge < -0.3 is 21.9 Å². The Hall–Kier alpha value is -3.24. The van der Waals surface area contributed by atoms with Crippen LogP contribution >= 0.6 is 0 Å². The Labute approximate surface area is 232 Å². The zero-order valence-electron chi connectivity index (χ0n) is 22.7. The number of hydrogen-bond acceptors (Lipinski definition) is 6. The van der Waals surface area contributed by atoms with Crippen LogP contribution in [0.3, 0.4) is 0 Å². The summed E-state index contributed by atoms with van der Waals surface area (Å²) in [7, 11) is -3.84. The van der Waals surface area contributed by atoms with Crippen LogP contribution in [0.4, 0.5) is 5.69 Å². The molecule has 1 unspecified atom stereocenters. The lowest BCUT2D eigenvalue weighted by atomic mass is 9.95. The fourth-order valence-electron chi connectivity index (χ4n) is 4.51. The molecule has 2 atom stereocenters. The van der Waals surface area contributed by atoms with E-state index in [1.165, 1.54) is 16.4 Å². The molecule has 0 heterocycles. The van der Waals surface area contributed by atoms with Crippen LogP contribution in [0.15, 0.2) is 83.8 Å². The van der Waals surface area contributed by atoms with Crippen molar-refractivity contribution in [3.63, 3.8) is 0 Å².